The zero-order valence-corrected chi connectivity index (χ0v) is 14.7. The van der Waals surface area contributed by atoms with Crippen LogP contribution in [-0.2, 0) is 11.0 Å². The maximum atomic E-state index is 13.8. The third-order valence-electron chi connectivity index (χ3n) is 5.44. The summed E-state index contributed by atoms with van der Waals surface area (Å²) in [4.78, 5) is 17.6. The smallest absolute Gasteiger partial charge is 0.298 e. The lowest BCUT2D eigenvalue weighted by Gasteiger charge is -2.41. The average Bonchev–Trinajstić information content (AvgIpc) is 3.04. The molecule has 0 N–H and O–H groups in total. The minimum atomic E-state index is -4.82. The monoisotopic (exact) mass is 379 g/mol. The molecule has 27 heavy (non-hydrogen) atoms. The van der Waals surface area contributed by atoms with Gasteiger partial charge in [0.1, 0.15) is 11.6 Å². The zero-order valence-electron chi connectivity index (χ0n) is 14.7. The van der Waals surface area contributed by atoms with Gasteiger partial charge in [0.2, 0.25) is 0 Å². The Labute approximate surface area is 152 Å². The fourth-order valence-electron chi connectivity index (χ4n) is 3.92. The van der Waals surface area contributed by atoms with Gasteiger partial charge in [-0.05, 0) is 30.5 Å². The highest BCUT2D eigenvalue weighted by molar-refractivity contribution is 6.11. The number of carbonyl (C=O) groups excluding carboxylic acids is 1. The summed E-state index contributed by atoms with van der Waals surface area (Å²) in [5, 5.41) is 4.18. The van der Waals surface area contributed by atoms with Gasteiger partial charge in [0, 0.05) is 17.2 Å². The highest BCUT2D eigenvalue weighted by Gasteiger charge is 2.48. The minimum Gasteiger partial charge on any atom is -0.298 e. The molecule has 142 valence electrons. The Morgan fingerprint density at radius 1 is 1.22 bits per heavy atom. The summed E-state index contributed by atoms with van der Waals surface area (Å²) in [7, 11) is 0. The Kier molecular flexibility index (Phi) is 3.80. The van der Waals surface area contributed by atoms with Gasteiger partial charge in [-0.1, -0.05) is 19.9 Å². The number of nitrogens with zero attached hydrogens (tertiary/aromatic N) is 3. The van der Waals surface area contributed by atoms with Gasteiger partial charge in [-0.2, -0.15) is 18.3 Å². The molecule has 1 aliphatic carbocycles. The van der Waals surface area contributed by atoms with Gasteiger partial charge >= 0.3 is 6.18 Å². The zero-order chi connectivity index (χ0) is 19.6. The predicted molar refractivity (Wildman–Crippen MR) is 90.4 cm³/mol. The Morgan fingerprint density at radius 2 is 1.96 bits per heavy atom. The third-order valence-corrected chi connectivity index (χ3v) is 5.44. The van der Waals surface area contributed by atoms with Crippen LogP contribution in [0.15, 0.2) is 35.5 Å². The van der Waals surface area contributed by atoms with Crippen molar-refractivity contribution in [3.05, 3.63) is 47.4 Å². The van der Waals surface area contributed by atoms with Crippen molar-refractivity contribution < 1.29 is 22.4 Å². The van der Waals surface area contributed by atoms with Crippen LogP contribution in [0.5, 0.6) is 0 Å². The summed E-state index contributed by atoms with van der Waals surface area (Å²) in [6.07, 6.45) is -2.13. The maximum Gasteiger partial charge on any atom is 0.419 e. The fraction of sp³-hybridized carbons (Fsp3) is 0.421. The van der Waals surface area contributed by atoms with E-state index in [4.69, 9.17) is 0 Å². The first-order chi connectivity index (χ1) is 12.6. The predicted octanol–water partition coefficient (Wildman–Crippen LogP) is 4.72. The summed E-state index contributed by atoms with van der Waals surface area (Å²) < 4.78 is 54.9. The number of halogens is 4. The van der Waals surface area contributed by atoms with E-state index < -0.39 is 34.9 Å². The van der Waals surface area contributed by atoms with Crippen LogP contribution in [-0.4, -0.2) is 21.3 Å². The molecule has 2 atom stereocenters. The van der Waals surface area contributed by atoms with Crippen LogP contribution in [0.3, 0.4) is 0 Å². The second kappa shape index (κ2) is 5.74. The molecule has 2 heterocycles. The van der Waals surface area contributed by atoms with Gasteiger partial charge in [0.05, 0.1) is 23.7 Å². The molecular weight excluding hydrogens is 362 g/mol. The molecule has 4 nitrogen and oxygen atoms in total. The lowest BCUT2D eigenvalue weighted by atomic mass is 9.66. The van der Waals surface area contributed by atoms with E-state index in [0.717, 1.165) is 12.1 Å². The van der Waals surface area contributed by atoms with E-state index in [1.807, 2.05) is 13.8 Å². The van der Waals surface area contributed by atoms with E-state index in [9.17, 15) is 22.4 Å². The summed E-state index contributed by atoms with van der Waals surface area (Å²) in [5.41, 5.74) is -1.12. The van der Waals surface area contributed by atoms with E-state index >= 15 is 0 Å². The number of fused-ring (bicyclic) bond motifs is 2. The Morgan fingerprint density at radius 3 is 2.67 bits per heavy atom. The van der Waals surface area contributed by atoms with E-state index in [1.165, 1.54) is 16.9 Å². The topological polar surface area (TPSA) is 47.2 Å². The molecule has 1 aromatic heterocycles. The van der Waals surface area contributed by atoms with Crippen molar-refractivity contribution in [2.45, 2.75) is 38.9 Å². The van der Waals surface area contributed by atoms with Crippen molar-refractivity contribution in [1.82, 2.24) is 9.78 Å². The molecule has 0 saturated heterocycles. The maximum absolute atomic E-state index is 13.8. The Bertz CT molecular complexity index is 958. The standard InChI is InChI=1S/C19H17F4N3O/c1-18(2)7-5-13-15(17(18)27)16(26-14(25-13)6-8-24-26)10-3-4-12(20)11(9-10)19(21,22)23/h3-4,6,8-9,15-16H,5,7H2,1-2H3. The van der Waals surface area contributed by atoms with Crippen molar-refractivity contribution in [3.8, 4) is 0 Å². The molecule has 1 saturated carbocycles. The highest BCUT2D eigenvalue weighted by Crippen LogP contribution is 2.46. The van der Waals surface area contributed by atoms with Gasteiger partial charge in [0.15, 0.2) is 5.82 Å². The second-order valence-electron chi connectivity index (χ2n) is 7.64. The molecule has 0 amide bonds. The van der Waals surface area contributed by atoms with Gasteiger partial charge in [-0.15, -0.1) is 0 Å². The number of rotatable bonds is 1. The van der Waals surface area contributed by atoms with Crippen molar-refractivity contribution in [2.75, 3.05) is 0 Å². The van der Waals surface area contributed by atoms with Crippen molar-refractivity contribution in [2.24, 2.45) is 16.3 Å². The number of ketones is 1. The highest BCUT2D eigenvalue weighted by atomic mass is 19.4. The quantitative estimate of drug-likeness (QED) is 0.673. The first-order valence-corrected chi connectivity index (χ1v) is 8.61. The summed E-state index contributed by atoms with van der Waals surface area (Å²) in [5.74, 6) is -1.66. The van der Waals surface area contributed by atoms with Gasteiger partial charge in [-0.3, -0.25) is 4.79 Å². The SMILES string of the molecule is CC1(C)CCC2=Nc3ccnn3C(c3ccc(F)c(C(F)(F)F)c3)C2C1=O. The first-order valence-electron chi connectivity index (χ1n) is 8.61. The van der Waals surface area contributed by atoms with Gasteiger partial charge in [0.25, 0.3) is 0 Å². The van der Waals surface area contributed by atoms with Crippen LogP contribution in [0.4, 0.5) is 23.4 Å². The fourth-order valence-corrected chi connectivity index (χ4v) is 3.92. The molecular formula is C19H17F4N3O. The van der Waals surface area contributed by atoms with E-state index in [2.05, 4.69) is 10.1 Å². The largest absolute Gasteiger partial charge is 0.419 e. The first kappa shape index (κ1) is 17.9. The number of hydrogen-bond donors (Lipinski definition) is 0. The number of benzene rings is 1. The second-order valence-corrected chi connectivity index (χ2v) is 7.64. The average molecular weight is 379 g/mol. The molecule has 0 radical (unpaired) electrons. The molecule has 1 aliphatic heterocycles. The molecule has 0 bridgehead atoms. The van der Waals surface area contributed by atoms with E-state index in [-0.39, 0.29) is 11.3 Å². The normalized spacial score (nSPS) is 24.2. The number of aromatic nitrogens is 2. The third kappa shape index (κ3) is 2.78. The van der Waals surface area contributed by atoms with Crippen molar-refractivity contribution in [3.63, 3.8) is 0 Å². The summed E-state index contributed by atoms with van der Waals surface area (Å²) in [6, 6.07) is 3.73. The number of aliphatic imine (C=N–C) groups is 1. The minimum absolute atomic E-state index is 0.0865. The number of Topliss-reactive ketones (excluding diaryl/α,β-unsaturated/α-hetero) is 1. The van der Waals surface area contributed by atoms with Gasteiger partial charge in [-0.25, -0.2) is 14.1 Å². The Balaban J connectivity index is 1.90. The number of hydrogen-bond acceptors (Lipinski definition) is 3. The molecule has 2 aliphatic rings. The van der Waals surface area contributed by atoms with Crippen molar-refractivity contribution >= 4 is 17.3 Å². The van der Waals surface area contributed by atoms with Crippen molar-refractivity contribution in [1.29, 1.82) is 0 Å². The van der Waals surface area contributed by atoms with Gasteiger partial charge < -0.3 is 0 Å². The molecule has 8 heteroatoms. The molecule has 0 spiro atoms. The van der Waals surface area contributed by atoms with Crippen LogP contribution in [0, 0.1) is 17.2 Å². The molecule has 4 rings (SSSR count). The molecule has 1 aromatic carbocycles. The molecule has 2 unspecified atom stereocenters. The van der Waals surface area contributed by atoms with Crippen LogP contribution < -0.4 is 0 Å². The van der Waals surface area contributed by atoms with E-state index in [1.54, 1.807) is 6.07 Å². The van der Waals surface area contributed by atoms with Crippen LogP contribution in [0.25, 0.3) is 0 Å². The van der Waals surface area contributed by atoms with Crippen LogP contribution in [0.2, 0.25) is 0 Å². The van der Waals surface area contributed by atoms with E-state index in [0.29, 0.717) is 24.4 Å². The van der Waals surface area contributed by atoms with Crippen LogP contribution >= 0.6 is 0 Å². The lowest BCUT2D eigenvalue weighted by molar-refractivity contribution is -0.140. The lowest BCUT2D eigenvalue weighted by Crippen LogP contribution is -2.47. The number of alkyl halides is 3. The summed E-state index contributed by atoms with van der Waals surface area (Å²) >= 11 is 0. The molecule has 1 fully saturated rings. The summed E-state index contributed by atoms with van der Waals surface area (Å²) in [6.45, 7) is 3.65. The molecule has 2 aromatic rings. The Hall–Kier alpha value is -2.51. The van der Waals surface area contributed by atoms with Crippen LogP contribution in [0.1, 0.15) is 43.9 Å². The number of carbonyl (C=O) groups is 1.